The fourth-order valence-electron chi connectivity index (χ4n) is 2.88. The average molecular weight is 358 g/mol. The van der Waals surface area contributed by atoms with Gasteiger partial charge >= 0.3 is 17.5 Å². The fourth-order valence-corrected chi connectivity index (χ4v) is 2.88. The second kappa shape index (κ2) is 7.34. The fraction of sp³-hybridized carbons (Fsp3) is 0.353. The molecule has 0 spiro atoms. The summed E-state index contributed by atoms with van der Waals surface area (Å²) in [5, 5.41) is 20.7. The summed E-state index contributed by atoms with van der Waals surface area (Å²) in [6, 6.07) is 7.08. The summed E-state index contributed by atoms with van der Waals surface area (Å²) in [7, 11) is 0. The Morgan fingerprint density at radius 2 is 1.92 bits per heavy atom. The van der Waals surface area contributed by atoms with Crippen LogP contribution in [0.5, 0.6) is 11.6 Å². The number of hydrogen-bond donors (Lipinski definition) is 1. The smallest absolute Gasteiger partial charge is 0.373 e. The van der Waals surface area contributed by atoms with Crippen molar-refractivity contribution < 1.29 is 19.6 Å². The molecule has 0 atom stereocenters. The first-order valence-corrected chi connectivity index (χ1v) is 8.17. The van der Waals surface area contributed by atoms with Crippen LogP contribution in [0.15, 0.2) is 30.6 Å². The summed E-state index contributed by atoms with van der Waals surface area (Å²) in [5.41, 5.74) is 0.721. The van der Waals surface area contributed by atoms with Crippen LogP contribution in [0.2, 0.25) is 0 Å². The number of aliphatic carboxylic acids is 1. The van der Waals surface area contributed by atoms with Crippen LogP contribution >= 0.6 is 0 Å². The molecule has 1 aromatic heterocycles. The predicted molar refractivity (Wildman–Crippen MR) is 92.5 cm³/mol. The molecule has 0 aliphatic carbocycles. The standard InChI is InChI=1S/C17H18N4O5/c1-11-2-4-13(5-3-11)26-16-14(21(24)25)15(18-10-19-16)20-8-6-12(7-9-20)17(22)23/h2-5,10,12H,6-9H2,1H3,(H,22,23). The predicted octanol–water partition coefficient (Wildman–Crippen LogP) is 2.79. The molecule has 9 heteroatoms. The van der Waals surface area contributed by atoms with Gasteiger partial charge in [0, 0.05) is 13.1 Å². The van der Waals surface area contributed by atoms with Gasteiger partial charge in [0.05, 0.1) is 10.8 Å². The van der Waals surface area contributed by atoms with Gasteiger partial charge in [0.25, 0.3) is 0 Å². The first-order chi connectivity index (χ1) is 12.5. The van der Waals surface area contributed by atoms with Crippen LogP contribution in [0.3, 0.4) is 0 Å². The molecule has 9 nitrogen and oxygen atoms in total. The summed E-state index contributed by atoms with van der Waals surface area (Å²) in [6.07, 6.45) is 2.03. The van der Waals surface area contributed by atoms with Gasteiger partial charge in [0.2, 0.25) is 5.82 Å². The number of aromatic nitrogens is 2. The third kappa shape index (κ3) is 3.71. The molecule has 1 aliphatic heterocycles. The monoisotopic (exact) mass is 358 g/mol. The van der Waals surface area contributed by atoms with E-state index in [1.165, 1.54) is 6.33 Å². The molecule has 0 unspecified atom stereocenters. The van der Waals surface area contributed by atoms with Crippen LogP contribution in [0.4, 0.5) is 11.5 Å². The molecule has 2 heterocycles. The van der Waals surface area contributed by atoms with E-state index < -0.39 is 16.8 Å². The molecule has 1 saturated heterocycles. The molecule has 0 radical (unpaired) electrons. The minimum atomic E-state index is -0.842. The van der Waals surface area contributed by atoms with Gasteiger partial charge in [-0.1, -0.05) is 17.7 Å². The van der Waals surface area contributed by atoms with Crippen molar-refractivity contribution in [1.82, 2.24) is 9.97 Å². The maximum atomic E-state index is 11.6. The normalized spacial score (nSPS) is 14.9. The van der Waals surface area contributed by atoms with E-state index in [0.717, 1.165) is 5.56 Å². The first kappa shape index (κ1) is 17.6. The lowest BCUT2D eigenvalue weighted by atomic mass is 9.97. The molecule has 2 aromatic rings. The van der Waals surface area contributed by atoms with E-state index in [9.17, 15) is 14.9 Å². The van der Waals surface area contributed by atoms with Crippen molar-refractivity contribution in [2.45, 2.75) is 19.8 Å². The number of piperidine rings is 1. The largest absolute Gasteiger partial charge is 0.481 e. The van der Waals surface area contributed by atoms with Crippen LogP contribution in [-0.2, 0) is 4.79 Å². The Morgan fingerprint density at radius 1 is 1.27 bits per heavy atom. The van der Waals surface area contributed by atoms with Gasteiger partial charge in [-0.05, 0) is 31.9 Å². The number of carboxylic acid groups (broad SMARTS) is 1. The average Bonchev–Trinajstić information content (AvgIpc) is 2.63. The third-order valence-corrected chi connectivity index (χ3v) is 4.33. The maximum absolute atomic E-state index is 11.6. The lowest BCUT2D eigenvalue weighted by Gasteiger charge is -2.30. The van der Waals surface area contributed by atoms with Crippen molar-refractivity contribution >= 4 is 17.5 Å². The highest BCUT2D eigenvalue weighted by molar-refractivity contribution is 5.71. The molecule has 0 bridgehead atoms. The molecular weight excluding hydrogens is 340 g/mol. The highest BCUT2D eigenvalue weighted by Crippen LogP contribution is 2.37. The second-order valence-corrected chi connectivity index (χ2v) is 6.12. The zero-order valence-corrected chi connectivity index (χ0v) is 14.2. The van der Waals surface area contributed by atoms with E-state index in [4.69, 9.17) is 9.84 Å². The summed E-state index contributed by atoms with van der Waals surface area (Å²) < 4.78 is 5.60. The van der Waals surface area contributed by atoms with Crippen LogP contribution < -0.4 is 9.64 Å². The molecule has 1 aromatic carbocycles. The van der Waals surface area contributed by atoms with E-state index in [2.05, 4.69) is 9.97 Å². The zero-order valence-electron chi connectivity index (χ0n) is 14.2. The molecule has 1 aliphatic rings. The molecule has 1 N–H and O–H groups in total. The number of carboxylic acids is 1. The lowest BCUT2D eigenvalue weighted by Crippen LogP contribution is -2.37. The number of nitro groups is 1. The highest BCUT2D eigenvalue weighted by atomic mass is 16.6. The first-order valence-electron chi connectivity index (χ1n) is 8.17. The number of ether oxygens (including phenoxy) is 1. The number of benzene rings is 1. The molecule has 0 amide bonds. The zero-order chi connectivity index (χ0) is 18.7. The summed E-state index contributed by atoms with van der Waals surface area (Å²) in [6.45, 7) is 2.67. The number of anilines is 1. The molecule has 0 saturated carbocycles. The lowest BCUT2D eigenvalue weighted by molar-refractivity contribution is -0.385. The van der Waals surface area contributed by atoms with Crippen molar-refractivity contribution in [3.63, 3.8) is 0 Å². The summed E-state index contributed by atoms with van der Waals surface area (Å²) in [5.74, 6) is -0.825. The minimum absolute atomic E-state index is 0.135. The maximum Gasteiger partial charge on any atom is 0.373 e. The van der Waals surface area contributed by atoms with Gasteiger partial charge in [-0.25, -0.2) is 4.98 Å². The van der Waals surface area contributed by atoms with Crippen molar-refractivity contribution in [2.75, 3.05) is 18.0 Å². The van der Waals surface area contributed by atoms with Crippen molar-refractivity contribution in [2.24, 2.45) is 5.92 Å². The number of rotatable bonds is 5. The molecule has 3 rings (SSSR count). The molecule has 1 fully saturated rings. The topological polar surface area (TPSA) is 119 Å². The van der Waals surface area contributed by atoms with E-state index in [1.54, 1.807) is 17.0 Å². The van der Waals surface area contributed by atoms with Crippen molar-refractivity contribution in [1.29, 1.82) is 0 Å². The molecule has 26 heavy (non-hydrogen) atoms. The number of carbonyl (C=O) groups is 1. The van der Waals surface area contributed by atoms with Gasteiger partial charge in [-0.15, -0.1) is 0 Å². The van der Waals surface area contributed by atoms with E-state index in [-0.39, 0.29) is 17.4 Å². The Kier molecular flexibility index (Phi) is 4.97. The SMILES string of the molecule is Cc1ccc(Oc2ncnc(N3CCC(C(=O)O)CC3)c2[N+](=O)[O-])cc1. The van der Waals surface area contributed by atoms with Crippen molar-refractivity contribution in [3.05, 3.63) is 46.3 Å². The summed E-state index contributed by atoms with van der Waals surface area (Å²) in [4.78, 5) is 31.8. The van der Waals surface area contributed by atoms with Crippen LogP contribution in [0.1, 0.15) is 18.4 Å². The Morgan fingerprint density at radius 3 is 2.50 bits per heavy atom. The Balaban J connectivity index is 1.88. The van der Waals surface area contributed by atoms with E-state index >= 15 is 0 Å². The highest BCUT2D eigenvalue weighted by Gasteiger charge is 2.32. The number of nitrogens with zero attached hydrogens (tertiary/aromatic N) is 4. The van der Waals surface area contributed by atoms with Gasteiger partial charge < -0.3 is 14.7 Å². The van der Waals surface area contributed by atoms with Crippen molar-refractivity contribution in [3.8, 4) is 11.6 Å². The Hall–Kier alpha value is -3.23. The number of hydrogen-bond acceptors (Lipinski definition) is 7. The van der Waals surface area contributed by atoms with Crippen LogP contribution in [0, 0.1) is 23.0 Å². The van der Waals surface area contributed by atoms with Gasteiger partial charge in [-0.3, -0.25) is 14.9 Å². The third-order valence-electron chi connectivity index (χ3n) is 4.33. The van der Waals surface area contributed by atoms with E-state index in [1.807, 2.05) is 19.1 Å². The molecule has 136 valence electrons. The Labute approximate surface area is 149 Å². The quantitative estimate of drug-likeness (QED) is 0.640. The van der Waals surface area contributed by atoms with Gasteiger partial charge in [0.15, 0.2) is 0 Å². The molecular formula is C17H18N4O5. The Bertz CT molecular complexity index is 816. The van der Waals surface area contributed by atoms with Crippen LogP contribution in [0.25, 0.3) is 0 Å². The van der Waals surface area contributed by atoms with E-state index in [0.29, 0.717) is 31.7 Å². The van der Waals surface area contributed by atoms with Gasteiger partial charge in [-0.2, -0.15) is 4.98 Å². The number of aryl methyl sites for hydroxylation is 1. The minimum Gasteiger partial charge on any atom is -0.481 e. The summed E-state index contributed by atoms with van der Waals surface area (Å²) >= 11 is 0. The van der Waals surface area contributed by atoms with Crippen LogP contribution in [-0.4, -0.2) is 39.1 Å². The van der Waals surface area contributed by atoms with Gasteiger partial charge in [0.1, 0.15) is 12.1 Å². The second-order valence-electron chi connectivity index (χ2n) is 6.12.